The summed E-state index contributed by atoms with van der Waals surface area (Å²) in [5, 5.41) is 0.551. The van der Waals surface area contributed by atoms with Crippen LogP contribution >= 0.6 is 11.6 Å². The molecule has 4 rings (SSSR count). The summed E-state index contributed by atoms with van der Waals surface area (Å²) in [6, 6.07) is -0.0859. The number of nitrogens with zero attached hydrogens (tertiary/aromatic N) is 2. The van der Waals surface area contributed by atoms with Crippen molar-refractivity contribution < 1.29 is 13.2 Å². The Balaban J connectivity index is 1.54. The first-order chi connectivity index (χ1) is 16.1. The zero-order valence-corrected chi connectivity index (χ0v) is 19.9. The highest BCUT2D eigenvalue weighted by Gasteiger charge is 2.43. The third kappa shape index (κ3) is 5.53. The largest absolute Gasteiger partial charge is 0.398 e. The second-order valence-corrected chi connectivity index (χ2v) is 9.90. The van der Waals surface area contributed by atoms with Crippen LogP contribution in [-0.4, -0.2) is 53.7 Å². The first kappa shape index (κ1) is 24.9. The van der Waals surface area contributed by atoms with Gasteiger partial charge in [0.1, 0.15) is 0 Å². The van der Waals surface area contributed by atoms with E-state index in [9.17, 15) is 13.2 Å². The third-order valence-corrected chi connectivity index (χ3v) is 7.52. The van der Waals surface area contributed by atoms with Crippen LogP contribution in [0.1, 0.15) is 25.7 Å². The fourth-order valence-corrected chi connectivity index (χ4v) is 5.41. The van der Waals surface area contributed by atoms with E-state index >= 15 is 0 Å². The Morgan fingerprint density at radius 3 is 2.71 bits per heavy atom. The van der Waals surface area contributed by atoms with Gasteiger partial charge in [0.2, 0.25) is 0 Å². The van der Waals surface area contributed by atoms with Crippen molar-refractivity contribution in [2.45, 2.75) is 50.0 Å². The molecule has 4 aliphatic rings. The van der Waals surface area contributed by atoms with Gasteiger partial charge < -0.3 is 16.4 Å². The van der Waals surface area contributed by atoms with Crippen LogP contribution in [0, 0.1) is 5.92 Å². The van der Waals surface area contributed by atoms with Crippen molar-refractivity contribution in [3.8, 4) is 0 Å². The molecule has 3 unspecified atom stereocenters. The fourth-order valence-electron chi connectivity index (χ4n) is 5.19. The Labute approximate surface area is 204 Å². The molecule has 4 nitrogen and oxygen atoms in total. The zero-order valence-electron chi connectivity index (χ0n) is 19.1. The van der Waals surface area contributed by atoms with Crippen molar-refractivity contribution in [1.29, 1.82) is 0 Å². The predicted molar refractivity (Wildman–Crippen MR) is 132 cm³/mol. The molecular weight excluding hydrogens is 461 g/mol. The first-order valence-electron chi connectivity index (χ1n) is 11.7. The smallest absolute Gasteiger partial charge is 0.395 e. The van der Waals surface area contributed by atoms with Crippen molar-refractivity contribution in [2.24, 2.45) is 17.4 Å². The lowest BCUT2D eigenvalue weighted by molar-refractivity contribution is -0.164. The summed E-state index contributed by atoms with van der Waals surface area (Å²) in [5.74, 6) is -1.46. The van der Waals surface area contributed by atoms with Gasteiger partial charge in [-0.25, -0.2) is 0 Å². The quantitative estimate of drug-likeness (QED) is 0.554. The molecule has 0 saturated carbocycles. The summed E-state index contributed by atoms with van der Waals surface area (Å²) in [7, 11) is 0. The van der Waals surface area contributed by atoms with Crippen LogP contribution in [0.3, 0.4) is 0 Å². The average Bonchev–Trinajstić information content (AvgIpc) is 3.28. The highest BCUT2D eigenvalue weighted by molar-refractivity contribution is 6.30. The van der Waals surface area contributed by atoms with E-state index in [1.807, 2.05) is 24.3 Å². The minimum Gasteiger partial charge on any atom is -0.398 e. The van der Waals surface area contributed by atoms with Gasteiger partial charge in [-0.15, -0.1) is 0 Å². The van der Waals surface area contributed by atoms with E-state index in [2.05, 4.69) is 16.4 Å². The molecule has 0 aromatic rings. The predicted octanol–water partition coefficient (Wildman–Crippen LogP) is 4.89. The molecule has 34 heavy (non-hydrogen) atoms. The van der Waals surface area contributed by atoms with E-state index in [1.165, 1.54) is 0 Å². The van der Waals surface area contributed by atoms with E-state index in [1.54, 1.807) is 24.3 Å². The van der Waals surface area contributed by atoms with Gasteiger partial charge in [-0.05, 0) is 36.5 Å². The van der Waals surface area contributed by atoms with E-state index < -0.39 is 12.1 Å². The average molecular weight is 493 g/mol. The Kier molecular flexibility index (Phi) is 7.45. The summed E-state index contributed by atoms with van der Waals surface area (Å²) in [4.78, 5) is 4.40. The molecule has 0 spiro atoms. The fraction of sp³-hybridized carbons (Fsp3) is 0.462. The molecule has 8 heteroatoms. The van der Waals surface area contributed by atoms with Crippen molar-refractivity contribution >= 4 is 11.6 Å². The molecule has 3 aliphatic carbocycles. The van der Waals surface area contributed by atoms with Crippen molar-refractivity contribution in [3.63, 3.8) is 0 Å². The van der Waals surface area contributed by atoms with Crippen LogP contribution in [0.2, 0.25) is 0 Å². The van der Waals surface area contributed by atoms with E-state index in [4.69, 9.17) is 23.1 Å². The standard InChI is InChI=1S/C26H32ClF3N4/c1-17(18-6-4-7-20(31)13-18)33-12-11-22(16-33)34(21-9-10-25(32)24(27)14-21)15-19-5-2-3-8-23(19)26(28,29)30/h2-7,9-10,20-23H,1,8,11-16,31-32H2/t20?,21?,22-,23?/m0/s1. The maximum absolute atomic E-state index is 13.8. The maximum atomic E-state index is 13.8. The summed E-state index contributed by atoms with van der Waals surface area (Å²) in [6.07, 6.45) is 12.4. The second-order valence-electron chi connectivity index (χ2n) is 9.44. The molecule has 0 aromatic heterocycles. The van der Waals surface area contributed by atoms with Gasteiger partial charge in [0, 0.05) is 60.6 Å². The van der Waals surface area contributed by atoms with E-state index in [0.29, 0.717) is 29.3 Å². The molecule has 1 fully saturated rings. The van der Waals surface area contributed by atoms with Gasteiger partial charge in [-0.2, -0.15) is 13.2 Å². The minimum atomic E-state index is -4.28. The van der Waals surface area contributed by atoms with Crippen LogP contribution in [0.25, 0.3) is 0 Å². The normalized spacial score (nSPS) is 29.6. The van der Waals surface area contributed by atoms with Crippen LogP contribution in [0.4, 0.5) is 13.2 Å². The van der Waals surface area contributed by atoms with Gasteiger partial charge in [0.15, 0.2) is 0 Å². The molecule has 0 radical (unpaired) electrons. The highest BCUT2D eigenvalue weighted by atomic mass is 35.5. The Hall–Kier alpha value is -2.22. The van der Waals surface area contributed by atoms with Crippen molar-refractivity contribution in [1.82, 2.24) is 9.80 Å². The molecule has 4 N–H and O–H groups in total. The van der Waals surface area contributed by atoms with Crippen LogP contribution in [-0.2, 0) is 0 Å². The number of halogens is 4. The Bertz CT molecular complexity index is 988. The van der Waals surface area contributed by atoms with Gasteiger partial charge in [-0.1, -0.05) is 60.7 Å². The summed E-state index contributed by atoms with van der Waals surface area (Å²) in [6.45, 7) is 6.02. The van der Waals surface area contributed by atoms with Gasteiger partial charge in [0.25, 0.3) is 0 Å². The van der Waals surface area contributed by atoms with Gasteiger partial charge in [0.05, 0.1) is 5.92 Å². The second kappa shape index (κ2) is 10.2. The molecule has 4 atom stereocenters. The van der Waals surface area contributed by atoms with Crippen molar-refractivity contribution in [2.75, 3.05) is 19.6 Å². The number of rotatable bonds is 6. The van der Waals surface area contributed by atoms with Crippen LogP contribution < -0.4 is 11.5 Å². The summed E-state index contributed by atoms with van der Waals surface area (Å²) in [5.41, 5.74) is 15.0. The van der Waals surface area contributed by atoms with Crippen molar-refractivity contribution in [3.05, 3.63) is 82.8 Å². The topological polar surface area (TPSA) is 58.5 Å². The molecule has 0 amide bonds. The number of nitrogens with two attached hydrogens (primary N) is 2. The lowest BCUT2D eigenvalue weighted by atomic mass is 9.89. The maximum Gasteiger partial charge on any atom is 0.395 e. The van der Waals surface area contributed by atoms with E-state index in [-0.39, 0.29) is 31.1 Å². The molecule has 0 bridgehead atoms. The lowest BCUT2D eigenvalue weighted by Crippen LogP contribution is -2.47. The van der Waals surface area contributed by atoms with E-state index in [0.717, 1.165) is 30.7 Å². The van der Waals surface area contributed by atoms with Gasteiger partial charge >= 0.3 is 6.18 Å². The summed E-state index contributed by atoms with van der Waals surface area (Å²) >= 11 is 6.37. The first-order valence-corrected chi connectivity index (χ1v) is 12.1. The SMILES string of the molecule is C=C(C1=CC=CC(N)C1)N1CC[C@H](N(CC2=CC=CCC2C(F)(F)F)C2C=CC(N)=C(Cl)C2)C1. The summed E-state index contributed by atoms with van der Waals surface area (Å²) < 4.78 is 41.4. The number of alkyl halides is 3. The Morgan fingerprint density at radius 1 is 1.21 bits per heavy atom. The highest BCUT2D eigenvalue weighted by Crippen LogP contribution is 2.39. The Morgan fingerprint density at radius 2 is 2.00 bits per heavy atom. The number of hydrogen-bond donors (Lipinski definition) is 2. The third-order valence-electron chi connectivity index (χ3n) is 7.15. The van der Waals surface area contributed by atoms with Gasteiger partial charge in [-0.3, -0.25) is 4.90 Å². The monoisotopic (exact) mass is 492 g/mol. The number of allylic oxidation sites excluding steroid dienone is 7. The molecular formula is C26H32ClF3N4. The van der Waals surface area contributed by atoms with Crippen LogP contribution in [0.15, 0.2) is 82.8 Å². The number of hydrogen-bond acceptors (Lipinski definition) is 4. The lowest BCUT2D eigenvalue weighted by Gasteiger charge is -2.39. The molecule has 184 valence electrons. The molecule has 1 aliphatic heterocycles. The minimum absolute atomic E-state index is 0.0210. The molecule has 0 aromatic carbocycles. The zero-order chi connectivity index (χ0) is 24.5. The van der Waals surface area contributed by atoms with Crippen LogP contribution in [0.5, 0.6) is 0 Å². The number of likely N-dealkylation sites (tertiary alicyclic amines) is 1. The molecule has 1 saturated heterocycles. The molecule has 1 heterocycles.